The fourth-order valence-electron chi connectivity index (χ4n) is 4.73. The second-order valence-electron chi connectivity index (χ2n) is 9.72. The number of likely N-dealkylation sites (tertiary alicyclic amines) is 1. The number of carboxylic acid groups (broad SMARTS) is 1. The zero-order valence-electron chi connectivity index (χ0n) is 20.5. The van der Waals surface area contributed by atoms with Crippen molar-refractivity contribution < 1.29 is 19.5 Å². The molecule has 4 N–H and O–H groups in total. The molecule has 1 aliphatic rings. The van der Waals surface area contributed by atoms with Gasteiger partial charge in [0.15, 0.2) is 0 Å². The lowest BCUT2D eigenvalue weighted by Gasteiger charge is -2.44. The highest BCUT2D eigenvalue weighted by Gasteiger charge is 2.44. The summed E-state index contributed by atoms with van der Waals surface area (Å²) in [5, 5.41) is 16.6. The molecule has 1 aliphatic heterocycles. The van der Waals surface area contributed by atoms with E-state index in [9.17, 15) is 14.4 Å². The molecule has 186 valence electrons. The number of carbonyl (C=O) groups is 3. The van der Waals surface area contributed by atoms with Crippen molar-refractivity contribution in [3.05, 3.63) is 71.3 Å². The molecule has 0 aliphatic carbocycles. The molecule has 1 saturated heterocycles. The minimum atomic E-state index is -0.868. The molecule has 2 amide bonds. The van der Waals surface area contributed by atoms with Crippen LogP contribution in [0.3, 0.4) is 0 Å². The zero-order chi connectivity index (χ0) is 25.8. The first-order chi connectivity index (χ1) is 16.5. The van der Waals surface area contributed by atoms with Gasteiger partial charge in [-0.2, -0.15) is 0 Å². The first-order valence-electron chi connectivity index (χ1n) is 11.8. The number of carboxylic acids is 1. The van der Waals surface area contributed by atoms with E-state index in [-0.39, 0.29) is 30.0 Å². The van der Waals surface area contributed by atoms with Crippen molar-refractivity contribution in [3.63, 3.8) is 0 Å². The average molecular weight is 479 g/mol. The van der Waals surface area contributed by atoms with Crippen LogP contribution in [0.15, 0.2) is 54.6 Å². The molecule has 0 bridgehead atoms. The van der Waals surface area contributed by atoms with Gasteiger partial charge in [0.1, 0.15) is 5.84 Å². The van der Waals surface area contributed by atoms with Crippen LogP contribution in [0.4, 0.5) is 0 Å². The summed E-state index contributed by atoms with van der Waals surface area (Å²) < 4.78 is 0. The number of nitrogen functional groups attached to an aromatic ring is 1. The van der Waals surface area contributed by atoms with Gasteiger partial charge in [0.2, 0.25) is 5.91 Å². The van der Waals surface area contributed by atoms with Crippen LogP contribution in [-0.2, 0) is 9.59 Å². The van der Waals surface area contributed by atoms with E-state index in [1.807, 2.05) is 44.2 Å². The van der Waals surface area contributed by atoms with Gasteiger partial charge in [-0.3, -0.25) is 19.8 Å². The number of nitrogens with zero attached hydrogens (tertiary/aromatic N) is 2. The van der Waals surface area contributed by atoms with Crippen LogP contribution in [0.2, 0.25) is 0 Å². The van der Waals surface area contributed by atoms with Crippen molar-refractivity contribution in [1.82, 2.24) is 9.80 Å². The second kappa shape index (κ2) is 10.7. The molecule has 0 saturated carbocycles. The van der Waals surface area contributed by atoms with E-state index in [4.69, 9.17) is 16.2 Å². The molecule has 2 aromatic carbocycles. The Hall–Kier alpha value is -3.68. The zero-order valence-corrected chi connectivity index (χ0v) is 20.5. The third-order valence-corrected chi connectivity index (χ3v) is 7.09. The highest BCUT2D eigenvalue weighted by Crippen LogP contribution is 2.36. The van der Waals surface area contributed by atoms with Crippen LogP contribution in [0, 0.1) is 11.3 Å². The lowest BCUT2D eigenvalue weighted by molar-refractivity contribution is -0.139. The Bertz CT molecular complexity index is 1070. The maximum Gasteiger partial charge on any atom is 0.303 e. The number of nitrogens with one attached hydrogen (secondary N) is 1. The summed E-state index contributed by atoms with van der Waals surface area (Å²) >= 11 is 0. The number of rotatable bonds is 8. The Labute approximate surface area is 206 Å². The predicted molar refractivity (Wildman–Crippen MR) is 134 cm³/mol. The largest absolute Gasteiger partial charge is 0.481 e. The SMILES string of the molecule is CN(C(=O)c1ccc(C(=N)N)cc1)C(C)(C)C(C(=O)N1CCC(CC(=O)O)CC1)c1ccccc1. The van der Waals surface area contributed by atoms with E-state index in [1.54, 1.807) is 41.1 Å². The van der Waals surface area contributed by atoms with Crippen molar-refractivity contribution in [1.29, 1.82) is 5.41 Å². The number of nitrogens with two attached hydrogens (primary N) is 1. The summed E-state index contributed by atoms with van der Waals surface area (Å²) in [7, 11) is 1.70. The summed E-state index contributed by atoms with van der Waals surface area (Å²) in [6.07, 6.45) is 1.42. The fraction of sp³-hybridized carbons (Fsp3) is 0.407. The van der Waals surface area contributed by atoms with E-state index in [0.29, 0.717) is 37.1 Å². The molecule has 0 radical (unpaired) electrons. The maximum atomic E-state index is 13.9. The molecule has 1 fully saturated rings. The number of amidine groups is 1. The maximum absolute atomic E-state index is 13.9. The van der Waals surface area contributed by atoms with Crippen molar-refractivity contribution in [2.75, 3.05) is 20.1 Å². The van der Waals surface area contributed by atoms with Crippen molar-refractivity contribution in [3.8, 4) is 0 Å². The number of likely N-dealkylation sites (N-methyl/N-ethyl adjacent to an activating group) is 1. The summed E-state index contributed by atoms with van der Waals surface area (Å²) in [5.74, 6) is -1.72. The van der Waals surface area contributed by atoms with E-state index in [1.165, 1.54) is 0 Å². The van der Waals surface area contributed by atoms with Crippen LogP contribution in [0.1, 0.15) is 60.5 Å². The van der Waals surface area contributed by atoms with Crippen molar-refractivity contribution in [2.24, 2.45) is 11.7 Å². The summed E-state index contributed by atoms with van der Waals surface area (Å²) in [6.45, 7) is 4.78. The quantitative estimate of drug-likeness (QED) is 0.396. The second-order valence-corrected chi connectivity index (χ2v) is 9.72. The molecule has 1 atom stereocenters. The molecule has 2 aromatic rings. The number of hydrogen-bond acceptors (Lipinski definition) is 4. The Kier molecular flexibility index (Phi) is 7.94. The molecule has 1 unspecified atom stereocenters. The molecule has 1 heterocycles. The van der Waals surface area contributed by atoms with Crippen LogP contribution < -0.4 is 5.73 Å². The lowest BCUT2D eigenvalue weighted by Crippen LogP contribution is -2.55. The third-order valence-electron chi connectivity index (χ3n) is 7.09. The Balaban J connectivity index is 1.87. The minimum Gasteiger partial charge on any atom is -0.481 e. The van der Waals surface area contributed by atoms with E-state index in [2.05, 4.69) is 0 Å². The van der Waals surface area contributed by atoms with Crippen LogP contribution >= 0.6 is 0 Å². The van der Waals surface area contributed by atoms with Gasteiger partial charge in [-0.25, -0.2) is 0 Å². The van der Waals surface area contributed by atoms with E-state index >= 15 is 0 Å². The van der Waals surface area contributed by atoms with E-state index < -0.39 is 17.4 Å². The van der Waals surface area contributed by atoms with Crippen LogP contribution in [-0.4, -0.2) is 64.2 Å². The number of piperidine rings is 1. The molecular formula is C27H34N4O4. The number of carbonyl (C=O) groups excluding carboxylic acids is 2. The first-order valence-corrected chi connectivity index (χ1v) is 11.8. The van der Waals surface area contributed by atoms with Gasteiger partial charge in [0, 0.05) is 37.7 Å². The van der Waals surface area contributed by atoms with Gasteiger partial charge in [-0.05, 0) is 50.3 Å². The van der Waals surface area contributed by atoms with Gasteiger partial charge in [-0.15, -0.1) is 0 Å². The smallest absolute Gasteiger partial charge is 0.303 e. The highest BCUT2D eigenvalue weighted by molar-refractivity contribution is 5.98. The number of benzene rings is 2. The predicted octanol–water partition coefficient (Wildman–Crippen LogP) is 3.32. The standard InChI is InChI=1S/C27H34N4O4/c1-27(2,30(3)25(34)21-11-9-20(10-12-21)24(28)29)23(19-7-5-4-6-8-19)26(35)31-15-13-18(14-16-31)17-22(32)33/h4-12,18,23H,13-17H2,1-3H3,(H3,28,29)(H,32,33). The number of aliphatic carboxylic acids is 1. The van der Waals surface area contributed by atoms with Gasteiger partial charge < -0.3 is 20.6 Å². The fourth-order valence-corrected chi connectivity index (χ4v) is 4.73. The molecule has 8 nitrogen and oxygen atoms in total. The third kappa shape index (κ3) is 5.88. The molecule has 0 spiro atoms. The first kappa shape index (κ1) is 25.9. The Morgan fingerprint density at radius 2 is 1.60 bits per heavy atom. The van der Waals surface area contributed by atoms with Crippen molar-refractivity contribution in [2.45, 2.75) is 44.6 Å². The topological polar surface area (TPSA) is 128 Å². The van der Waals surface area contributed by atoms with Crippen molar-refractivity contribution >= 4 is 23.6 Å². The summed E-state index contributed by atoms with van der Waals surface area (Å²) in [6, 6.07) is 16.0. The summed E-state index contributed by atoms with van der Waals surface area (Å²) in [5.41, 5.74) is 6.46. The monoisotopic (exact) mass is 478 g/mol. The normalized spacial score (nSPS) is 15.3. The molecular weight excluding hydrogens is 444 g/mol. The summed E-state index contributed by atoms with van der Waals surface area (Å²) in [4.78, 5) is 41.8. The van der Waals surface area contributed by atoms with Crippen LogP contribution in [0.5, 0.6) is 0 Å². The molecule has 8 heteroatoms. The Morgan fingerprint density at radius 3 is 2.11 bits per heavy atom. The number of amides is 2. The average Bonchev–Trinajstić information content (AvgIpc) is 2.83. The number of hydrogen-bond donors (Lipinski definition) is 3. The van der Waals surface area contributed by atoms with Gasteiger partial charge >= 0.3 is 5.97 Å². The highest BCUT2D eigenvalue weighted by atomic mass is 16.4. The Morgan fingerprint density at radius 1 is 1.06 bits per heavy atom. The van der Waals surface area contributed by atoms with Gasteiger partial charge in [0.25, 0.3) is 5.91 Å². The van der Waals surface area contributed by atoms with E-state index in [0.717, 1.165) is 5.56 Å². The molecule has 0 aromatic heterocycles. The van der Waals surface area contributed by atoms with Gasteiger partial charge in [0.05, 0.1) is 11.5 Å². The molecule has 3 rings (SSSR count). The van der Waals surface area contributed by atoms with Gasteiger partial charge in [-0.1, -0.05) is 42.5 Å². The lowest BCUT2D eigenvalue weighted by atomic mass is 9.78. The minimum absolute atomic E-state index is 0.0680. The molecule has 35 heavy (non-hydrogen) atoms. The van der Waals surface area contributed by atoms with Crippen LogP contribution in [0.25, 0.3) is 0 Å².